The van der Waals surface area contributed by atoms with E-state index in [0.29, 0.717) is 28.9 Å². The number of hydrogen-bond acceptors (Lipinski definition) is 4. The molecule has 0 radical (unpaired) electrons. The van der Waals surface area contributed by atoms with Gasteiger partial charge in [0, 0.05) is 6.08 Å². The van der Waals surface area contributed by atoms with Gasteiger partial charge < -0.3 is 9.94 Å². The number of alkyl halides is 1. The second-order valence-corrected chi connectivity index (χ2v) is 7.93. The van der Waals surface area contributed by atoms with Crippen LogP contribution in [0.1, 0.15) is 36.0 Å². The minimum absolute atomic E-state index is 0.247. The minimum Gasteiger partial charge on any atom is -0.691 e. The number of para-hydroxylation sites is 2. The Labute approximate surface area is 197 Å². The van der Waals surface area contributed by atoms with E-state index >= 15 is 0 Å². The SMILES string of the molecule is O=C(C=Cc1ccc(-c2ccc(OCCCCCCF)cc2)cc1)n1n[n+]([O-])c2ccccc21. The minimum atomic E-state index is -0.395. The molecule has 0 saturated heterocycles. The summed E-state index contributed by atoms with van der Waals surface area (Å²) < 4.78 is 18.9. The van der Waals surface area contributed by atoms with Gasteiger partial charge in [-0.1, -0.05) is 59.6 Å². The molecule has 6 nitrogen and oxygen atoms in total. The lowest BCUT2D eigenvalue weighted by atomic mass is 10.0. The predicted octanol–water partition coefficient (Wildman–Crippen LogP) is 5.60. The van der Waals surface area contributed by atoms with Crippen LogP contribution in [0.15, 0.2) is 78.9 Å². The molecule has 0 N–H and O–H groups in total. The van der Waals surface area contributed by atoms with Gasteiger partial charge in [-0.15, -0.1) is 4.85 Å². The van der Waals surface area contributed by atoms with Crippen LogP contribution in [0.5, 0.6) is 5.75 Å². The fraction of sp³-hybridized carbons (Fsp3) is 0.222. The average Bonchev–Trinajstić information content (AvgIpc) is 3.22. The van der Waals surface area contributed by atoms with E-state index in [4.69, 9.17) is 4.74 Å². The molecule has 0 atom stereocenters. The molecule has 0 amide bonds. The predicted molar refractivity (Wildman–Crippen MR) is 130 cm³/mol. The Morgan fingerprint density at radius 3 is 2.35 bits per heavy atom. The van der Waals surface area contributed by atoms with E-state index in [1.807, 2.05) is 48.5 Å². The molecular formula is C27H26FN3O3. The first kappa shape index (κ1) is 23.2. The quantitative estimate of drug-likeness (QED) is 0.134. The average molecular weight is 460 g/mol. The van der Waals surface area contributed by atoms with Gasteiger partial charge >= 0.3 is 5.91 Å². The van der Waals surface area contributed by atoms with Gasteiger partial charge in [-0.25, -0.2) is 4.79 Å². The molecule has 0 fully saturated rings. The zero-order valence-corrected chi connectivity index (χ0v) is 18.8. The molecule has 1 aromatic heterocycles. The van der Waals surface area contributed by atoms with Crippen molar-refractivity contribution < 1.29 is 18.8 Å². The van der Waals surface area contributed by atoms with E-state index in [-0.39, 0.29) is 6.67 Å². The van der Waals surface area contributed by atoms with Crippen molar-refractivity contribution in [2.75, 3.05) is 13.3 Å². The number of nitrogens with zero attached hydrogens (tertiary/aromatic N) is 3. The molecule has 0 aliphatic carbocycles. The number of unbranched alkanes of at least 4 members (excludes halogenated alkanes) is 3. The number of hydrogen-bond donors (Lipinski definition) is 0. The monoisotopic (exact) mass is 459 g/mol. The van der Waals surface area contributed by atoms with E-state index in [2.05, 4.69) is 5.21 Å². The van der Waals surface area contributed by atoms with Gasteiger partial charge in [0.2, 0.25) is 11.0 Å². The fourth-order valence-corrected chi connectivity index (χ4v) is 3.65. The Morgan fingerprint density at radius 1 is 0.941 bits per heavy atom. The highest BCUT2D eigenvalue weighted by molar-refractivity contribution is 5.97. The first-order chi connectivity index (χ1) is 16.7. The van der Waals surface area contributed by atoms with E-state index in [1.54, 1.807) is 30.3 Å². The second kappa shape index (κ2) is 11.2. The third-order valence-corrected chi connectivity index (χ3v) is 5.51. The second-order valence-electron chi connectivity index (χ2n) is 7.93. The Morgan fingerprint density at radius 2 is 1.62 bits per heavy atom. The van der Waals surface area contributed by atoms with Crippen LogP contribution >= 0.6 is 0 Å². The first-order valence-corrected chi connectivity index (χ1v) is 11.3. The number of carbonyl (C=O) groups excluding carboxylic acids is 1. The van der Waals surface area contributed by atoms with Crippen LogP contribution in [0.3, 0.4) is 0 Å². The summed E-state index contributed by atoms with van der Waals surface area (Å²) >= 11 is 0. The van der Waals surface area contributed by atoms with Gasteiger partial charge in [-0.3, -0.25) is 4.39 Å². The molecule has 0 aliphatic rings. The summed E-state index contributed by atoms with van der Waals surface area (Å²) in [7, 11) is 0. The highest BCUT2D eigenvalue weighted by atomic mass is 19.1. The van der Waals surface area contributed by atoms with Crippen molar-refractivity contribution in [3.63, 3.8) is 0 Å². The highest BCUT2D eigenvalue weighted by Gasteiger charge is 2.18. The largest absolute Gasteiger partial charge is 0.691 e. The summed E-state index contributed by atoms with van der Waals surface area (Å²) in [6.07, 6.45) is 6.53. The molecule has 4 rings (SSSR count). The maximum atomic E-state index is 12.5. The third-order valence-electron chi connectivity index (χ3n) is 5.51. The van der Waals surface area contributed by atoms with Crippen LogP contribution in [-0.4, -0.2) is 29.1 Å². The summed E-state index contributed by atoms with van der Waals surface area (Å²) in [5.41, 5.74) is 3.78. The van der Waals surface area contributed by atoms with Crippen molar-refractivity contribution in [3.8, 4) is 16.9 Å². The normalized spacial score (nSPS) is 11.3. The number of rotatable bonds is 10. The highest BCUT2D eigenvalue weighted by Crippen LogP contribution is 2.23. The molecule has 3 aromatic carbocycles. The van der Waals surface area contributed by atoms with Crippen LogP contribution in [0.4, 0.5) is 4.39 Å². The molecule has 34 heavy (non-hydrogen) atoms. The summed E-state index contributed by atoms with van der Waals surface area (Å²) in [6, 6.07) is 22.5. The summed E-state index contributed by atoms with van der Waals surface area (Å²) in [6.45, 7) is 0.386. The lowest BCUT2D eigenvalue weighted by Crippen LogP contribution is -2.30. The number of carbonyl (C=O) groups is 1. The Bertz CT molecular complexity index is 1260. The Kier molecular flexibility index (Phi) is 7.65. The molecule has 0 saturated carbocycles. The van der Waals surface area contributed by atoms with Crippen molar-refractivity contribution in [3.05, 3.63) is 89.6 Å². The van der Waals surface area contributed by atoms with Crippen LogP contribution in [-0.2, 0) is 0 Å². The van der Waals surface area contributed by atoms with E-state index in [9.17, 15) is 14.4 Å². The van der Waals surface area contributed by atoms with Crippen molar-refractivity contribution in [2.45, 2.75) is 25.7 Å². The standard InChI is InChI=1S/C27H26FN3O3/c28-19-5-1-2-6-20-34-24-16-14-23(15-17-24)22-12-9-21(10-13-22)11-18-27(32)30-25-7-3-4-8-26(25)31(33)29-30/h3-4,7-18H,1-2,5-6,19-20H2. The summed E-state index contributed by atoms with van der Waals surface area (Å²) in [5.74, 6) is 0.422. The van der Waals surface area contributed by atoms with Gasteiger partial charge in [0.15, 0.2) is 0 Å². The number of aromatic nitrogens is 3. The maximum Gasteiger partial charge on any atom is 0.359 e. The van der Waals surface area contributed by atoms with Gasteiger partial charge in [0.05, 0.1) is 13.3 Å². The van der Waals surface area contributed by atoms with E-state index < -0.39 is 5.91 Å². The number of fused-ring (bicyclic) bond motifs is 1. The fourth-order valence-electron chi connectivity index (χ4n) is 3.65. The molecule has 0 spiro atoms. The lowest BCUT2D eigenvalue weighted by molar-refractivity contribution is -0.645. The van der Waals surface area contributed by atoms with Gasteiger partial charge in [-0.05, 0) is 66.3 Å². The van der Waals surface area contributed by atoms with Crippen LogP contribution in [0.25, 0.3) is 28.2 Å². The zero-order chi connectivity index (χ0) is 23.8. The molecule has 174 valence electrons. The number of allylic oxidation sites excluding steroid dienone is 1. The Balaban J connectivity index is 1.34. The molecule has 7 heteroatoms. The van der Waals surface area contributed by atoms with Crippen molar-refractivity contribution in [2.24, 2.45) is 0 Å². The van der Waals surface area contributed by atoms with E-state index in [1.165, 1.54) is 6.08 Å². The number of benzene rings is 3. The maximum absolute atomic E-state index is 12.5. The molecule has 4 aromatic rings. The number of ether oxygens (including phenoxy) is 1. The lowest BCUT2D eigenvalue weighted by Gasteiger charge is -2.07. The van der Waals surface area contributed by atoms with E-state index in [0.717, 1.165) is 46.4 Å². The number of halogens is 1. The molecule has 0 aliphatic heterocycles. The third kappa shape index (κ3) is 5.67. The summed E-state index contributed by atoms with van der Waals surface area (Å²) in [4.78, 5) is 13.0. The van der Waals surface area contributed by atoms with Gasteiger partial charge in [-0.2, -0.15) is 0 Å². The van der Waals surface area contributed by atoms with Crippen molar-refractivity contribution in [1.29, 1.82) is 0 Å². The Hall–Kier alpha value is -4.00. The van der Waals surface area contributed by atoms with Gasteiger partial charge in [0.1, 0.15) is 11.0 Å². The van der Waals surface area contributed by atoms with Gasteiger partial charge in [0.25, 0.3) is 0 Å². The van der Waals surface area contributed by atoms with Crippen molar-refractivity contribution in [1.82, 2.24) is 9.90 Å². The topological polar surface area (TPSA) is 71.1 Å². The zero-order valence-electron chi connectivity index (χ0n) is 18.8. The first-order valence-electron chi connectivity index (χ1n) is 11.3. The molecule has 0 unspecified atom stereocenters. The van der Waals surface area contributed by atoms with Crippen molar-refractivity contribution >= 4 is 23.0 Å². The van der Waals surface area contributed by atoms with Crippen LogP contribution in [0.2, 0.25) is 0 Å². The molecular weight excluding hydrogens is 433 g/mol. The van der Waals surface area contributed by atoms with Crippen LogP contribution in [0, 0.1) is 5.21 Å². The molecule has 0 bridgehead atoms. The smallest absolute Gasteiger partial charge is 0.359 e. The molecule has 1 heterocycles. The van der Waals surface area contributed by atoms with Crippen LogP contribution < -0.4 is 9.58 Å². The summed E-state index contributed by atoms with van der Waals surface area (Å²) in [5, 5.41) is 15.6.